The van der Waals surface area contributed by atoms with Crippen molar-refractivity contribution >= 4 is 11.7 Å². The topological polar surface area (TPSA) is 41.6 Å². The lowest BCUT2D eigenvalue weighted by Crippen LogP contribution is -2.49. The number of ether oxygens (including phenoxy) is 1. The first-order chi connectivity index (χ1) is 10.6. The average Bonchev–Trinajstić information content (AvgIpc) is 2.44. The lowest BCUT2D eigenvalue weighted by Gasteiger charge is -2.40. The second-order valence-electron chi connectivity index (χ2n) is 6.12. The van der Waals surface area contributed by atoms with Crippen LogP contribution in [0.5, 0.6) is 0 Å². The number of alkyl halides is 4. The van der Waals surface area contributed by atoms with Gasteiger partial charge in [-0.15, -0.1) is 0 Å². The van der Waals surface area contributed by atoms with Gasteiger partial charge in [0, 0.05) is 24.7 Å². The maximum absolute atomic E-state index is 13.3. The number of hydrogen-bond acceptors (Lipinski definition) is 2. The molecule has 1 atom stereocenters. The van der Waals surface area contributed by atoms with Crippen LogP contribution in [0.4, 0.5) is 28.0 Å². The summed E-state index contributed by atoms with van der Waals surface area (Å²) in [6, 6.07) is 4.22. The van der Waals surface area contributed by atoms with Gasteiger partial charge in [0.05, 0.1) is 13.2 Å². The van der Waals surface area contributed by atoms with Gasteiger partial charge in [-0.2, -0.15) is 13.2 Å². The molecule has 2 amide bonds. The predicted molar refractivity (Wildman–Crippen MR) is 76.9 cm³/mol. The zero-order chi connectivity index (χ0) is 17.3. The Morgan fingerprint density at radius 3 is 2.61 bits per heavy atom. The molecule has 1 aliphatic heterocycles. The monoisotopic (exact) mass is 334 g/mol. The normalized spacial score (nSPS) is 18.0. The van der Waals surface area contributed by atoms with Crippen LogP contribution in [0.25, 0.3) is 0 Å². The number of rotatable bonds is 4. The maximum atomic E-state index is 13.3. The van der Waals surface area contributed by atoms with Gasteiger partial charge in [0.1, 0.15) is 0 Å². The van der Waals surface area contributed by atoms with Crippen LogP contribution in [0.1, 0.15) is 18.7 Å². The lowest BCUT2D eigenvalue weighted by atomic mass is 9.88. The first-order valence-electron chi connectivity index (χ1n) is 7.01. The molecule has 1 fully saturated rings. The zero-order valence-electron chi connectivity index (χ0n) is 12.8. The van der Waals surface area contributed by atoms with Crippen molar-refractivity contribution in [1.29, 1.82) is 0 Å². The van der Waals surface area contributed by atoms with Crippen molar-refractivity contribution in [2.75, 3.05) is 32.1 Å². The Balaban J connectivity index is 2.01. The van der Waals surface area contributed by atoms with Crippen LogP contribution in [0.15, 0.2) is 24.3 Å². The minimum Gasteiger partial charge on any atom is -0.380 e. The molecular formula is C15H18F4N2O2. The van der Waals surface area contributed by atoms with E-state index in [1.165, 1.54) is 17.0 Å². The lowest BCUT2D eigenvalue weighted by molar-refractivity contribution is -0.182. The molecule has 23 heavy (non-hydrogen) atoms. The van der Waals surface area contributed by atoms with Gasteiger partial charge >= 0.3 is 12.2 Å². The highest BCUT2D eigenvalue weighted by Gasteiger charge is 2.41. The molecule has 1 aromatic carbocycles. The third-order valence-electron chi connectivity index (χ3n) is 3.58. The molecule has 1 saturated heterocycles. The Bertz CT molecular complexity index is 573. The standard InChI is InChI=1S/C15H18F4N2O2/c1-14(8-23-9-14)7-21(2)13(22)20-11-5-3-4-10(6-11)12(16)15(17,18)19/h3-6,12H,7-9H2,1-2H3,(H,20,22). The minimum absolute atomic E-state index is 0.112. The quantitative estimate of drug-likeness (QED) is 0.852. The highest BCUT2D eigenvalue weighted by Crippen LogP contribution is 2.36. The largest absolute Gasteiger partial charge is 0.423 e. The highest BCUT2D eigenvalue weighted by molar-refractivity contribution is 5.89. The predicted octanol–water partition coefficient (Wildman–Crippen LogP) is 3.76. The summed E-state index contributed by atoms with van der Waals surface area (Å²) in [7, 11) is 1.58. The van der Waals surface area contributed by atoms with Gasteiger partial charge in [-0.3, -0.25) is 0 Å². The van der Waals surface area contributed by atoms with Crippen LogP contribution in [-0.2, 0) is 4.74 Å². The molecule has 0 aromatic heterocycles. The van der Waals surface area contributed by atoms with Crippen molar-refractivity contribution < 1.29 is 27.1 Å². The van der Waals surface area contributed by atoms with Crippen LogP contribution in [0.3, 0.4) is 0 Å². The highest BCUT2D eigenvalue weighted by atomic mass is 19.4. The third-order valence-corrected chi connectivity index (χ3v) is 3.58. The van der Waals surface area contributed by atoms with E-state index >= 15 is 0 Å². The fourth-order valence-corrected chi connectivity index (χ4v) is 2.37. The molecule has 0 aliphatic carbocycles. The fraction of sp³-hybridized carbons (Fsp3) is 0.533. The summed E-state index contributed by atoms with van der Waals surface area (Å²) in [4.78, 5) is 13.5. The van der Waals surface area contributed by atoms with E-state index in [0.717, 1.165) is 12.1 Å². The Kier molecular flexibility index (Phi) is 4.84. The first-order valence-corrected chi connectivity index (χ1v) is 7.01. The first kappa shape index (κ1) is 17.5. The number of halogens is 4. The van der Waals surface area contributed by atoms with Crippen molar-refractivity contribution in [3.05, 3.63) is 29.8 Å². The van der Waals surface area contributed by atoms with Crippen molar-refractivity contribution in [3.8, 4) is 0 Å². The summed E-state index contributed by atoms with van der Waals surface area (Å²) in [5, 5.41) is 2.47. The van der Waals surface area contributed by atoms with Gasteiger partial charge in [0.15, 0.2) is 0 Å². The van der Waals surface area contributed by atoms with E-state index in [2.05, 4.69) is 5.32 Å². The van der Waals surface area contributed by atoms with E-state index in [4.69, 9.17) is 4.74 Å². The number of nitrogens with one attached hydrogen (secondary N) is 1. The second kappa shape index (κ2) is 6.35. The minimum atomic E-state index is -4.97. The van der Waals surface area contributed by atoms with E-state index in [1.54, 1.807) is 7.05 Å². The Morgan fingerprint density at radius 2 is 2.09 bits per heavy atom. The molecule has 128 valence electrons. The Labute approximate surface area is 131 Å². The van der Waals surface area contributed by atoms with E-state index in [1.807, 2.05) is 6.92 Å². The number of urea groups is 1. The van der Waals surface area contributed by atoms with Crippen LogP contribution >= 0.6 is 0 Å². The Hall–Kier alpha value is -1.83. The number of amides is 2. The molecule has 1 aliphatic rings. The molecule has 1 N–H and O–H groups in total. The number of nitrogens with zero attached hydrogens (tertiary/aromatic N) is 1. The zero-order valence-corrected chi connectivity index (χ0v) is 12.8. The second-order valence-corrected chi connectivity index (χ2v) is 6.12. The van der Waals surface area contributed by atoms with E-state index in [9.17, 15) is 22.4 Å². The fourth-order valence-electron chi connectivity index (χ4n) is 2.37. The maximum Gasteiger partial charge on any atom is 0.423 e. The molecule has 0 bridgehead atoms. The summed E-state index contributed by atoms with van der Waals surface area (Å²) >= 11 is 0. The number of carbonyl (C=O) groups excluding carboxylic acids is 1. The molecule has 0 saturated carbocycles. The van der Waals surface area contributed by atoms with Gasteiger partial charge in [0.2, 0.25) is 6.17 Å². The number of carbonyl (C=O) groups is 1. The summed E-state index contributed by atoms with van der Waals surface area (Å²) < 4.78 is 55.7. The molecule has 0 spiro atoms. The van der Waals surface area contributed by atoms with Crippen molar-refractivity contribution in [2.24, 2.45) is 5.41 Å². The van der Waals surface area contributed by atoms with E-state index in [0.29, 0.717) is 19.8 Å². The van der Waals surface area contributed by atoms with Crippen LogP contribution in [-0.4, -0.2) is 43.9 Å². The summed E-state index contributed by atoms with van der Waals surface area (Å²) in [6.45, 7) is 3.52. The van der Waals surface area contributed by atoms with Gasteiger partial charge in [-0.25, -0.2) is 9.18 Å². The molecule has 1 heterocycles. The van der Waals surface area contributed by atoms with Crippen molar-refractivity contribution in [3.63, 3.8) is 0 Å². The summed E-state index contributed by atoms with van der Waals surface area (Å²) in [6.07, 6.45) is -8.05. The number of hydrogen-bond donors (Lipinski definition) is 1. The van der Waals surface area contributed by atoms with Gasteiger partial charge < -0.3 is 15.0 Å². The Morgan fingerprint density at radius 1 is 1.43 bits per heavy atom. The SMILES string of the molecule is CN(CC1(C)COC1)C(=O)Nc1cccc(C(F)C(F)(F)F)c1. The number of anilines is 1. The van der Waals surface area contributed by atoms with Crippen LogP contribution < -0.4 is 5.32 Å². The van der Waals surface area contributed by atoms with Gasteiger partial charge in [-0.05, 0) is 17.7 Å². The molecule has 8 heteroatoms. The van der Waals surface area contributed by atoms with Crippen LogP contribution in [0.2, 0.25) is 0 Å². The molecule has 1 aromatic rings. The van der Waals surface area contributed by atoms with Gasteiger partial charge in [0.25, 0.3) is 0 Å². The smallest absolute Gasteiger partial charge is 0.380 e. The molecular weight excluding hydrogens is 316 g/mol. The van der Waals surface area contributed by atoms with Crippen LogP contribution in [0, 0.1) is 5.41 Å². The average molecular weight is 334 g/mol. The summed E-state index contributed by atoms with van der Waals surface area (Å²) in [5.74, 6) is 0. The molecule has 4 nitrogen and oxygen atoms in total. The van der Waals surface area contributed by atoms with E-state index in [-0.39, 0.29) is 11.1 Å². The van der Waals surface area contributed by atoms with Crippen molar-refractivity contribution in [1.82, 2.24) is 4.90 Å². The third kappa shape index (κ3) is 4.34. The van der Waals surface area contributed by atoms with Crippen molar-refractivity contribution in [2.45, 2.75) is 19.3 Å². The molecule has 2 rings (SSSR count). The summed E-state index contributed by atoms with van der Waals surface area (Å²) in [5.41, 5.74) is -0.549. The number of benzene rings is 1. The molecule has 1 unspecified atom stereocenters. The van der Waals surface area contributed by atoms with E-state index < -0.39 is 23.9 Å². The van der Waals surface area contributed by atoms with Gasteiger partial charge in [-0.1, -0.05) is 19.1 Å². The molecule has 0 radical (unpaired) electrons.